The summed E-state index contributed by atoms with van der Waals surface area (Å²) in [5, 5.41) is 0. The minimum atomic E-state index is 0.748. The van der Waals surface area contributed by atoms with Gasteiger partial charge in [0.2, 0.25) is 0 Å². The lowest BCUT2D eigenvalue weighted by molar-refractivity contribution is 0.355. The van der Waals surface area contributed by atoms with Gasteiger partial charge in [-0.2, -0.15) is 0 Å². The van der Waals surface area contributed by atoms with Gasteiger partial charge >= 0.3 is 0 Å². The van der Waals surface area contributed by atoms with Crippen molar-refractivity contribution in [3.8, 4) is 22.8 Å². The molecule has 0 radical (unpaired) electrons. The van der Waals surface area contributed by atoms with E-state index in [1.807, 2.05) is 24.5 Å². The second-order valence-electron chi connectivity index (χ2n) is 7.14. The van der Waals surface area contributed by atoms with E-state index in [9.17, 15) is 0 Å². The molecular formula is C23H26N4O2. The summed E-state index contributed by atoms with van der Waals surface area (Å²) in [5.74, 6) is 2.43. The zero-order valence-corrected chi connectivity index (χ0v) is 17.1. The smallest absolute Gasteiger partial charge is 0.162 e. The van der Waals surface area contributed by atoms with Gasteiger partial charge in [-0.3, -0.25) is 4.98 Å². The number of ether oxygens (including phenoxy) is 2. The average molecular weight is 390 g/mol. The van der Waals surface area contributed by atoms with Gasteiger partial charge in [0.05, 0.1) is 32.3 Å². The van der Waals surface area contributed by atoms with Crippen molar-refractivity contribution in [1.82, 2.24) is 9.97 Å². The van der Waals surface area contributed by atoms with Gasteiger partial charge in [-0.15, -0.1) is 0 Å². The Kier molecular flexibility index (Phi) is 5.51. The van der Waals surface area contributed by atoms with Gasteiger partial charge in [0.15, 0.2) is 11.5 Å². The molecule has 150 valence electrons. The Labute approximate surface area is 171 Å². The van der Waals surface area contributed by atoms with E-state index in [1.165, 1.54) is 5.56 Å². The van der Waals surface area contributed by atoms with Crippen molar-refractivity contribution in [3.05, 3.63) is 60.4 Å². The molecule has 6 heteroatoms. The Hall–Kier alpha value is -3.28. The number of benzene rings is 2. The molecule has 2 heterocycles. The number of hydrogen-bond acceptors (Lipinski definition) is 6. The van der Waals surface area contributed by atoms with Crippen LogP contribution in [-0.2, 0) is 0 Å². The molecule has 3 aromatic rings. The lowest BCUT2D eigenvalue weighted by Crippen LogP contribution is -2.46. The van der Waals surface area contributed by atoms with Crippen molar-refractivity contribution >= 4 is 11.5 Å². The van der Waals surface area contributed by atoms with Crippen LogP contribution >= 0.6 is 0 Å². The number of aryl methyl sites for hydroxylation is 1. The molecule has 0 amide bonds. The Morgan fingerprint density at radius 1 is 0.793 bits per heavy atom. The van der Waals surface area contributed by atoms with E-state index >= 15 is 0 Å². The third-order valence-electron chi connectivity index (χ3n) is 5.31. The number of nitrogens with zero attached hydrogens (tertiary/aromatic N) is 4. The molecule has 1 saturated heterocycles. The highest BCUT2D eigenvalue weighted by atomic mass is 16.5. The Morgan fingerprint density at radius 2 is 1.48 bits per heavy atom. The van der Waals surface area contributed by atoms with Crippen LogP contribution in [-0.4, -0.2) is 50.4 Å². The first-order chi connectivity index (χ1) is 14.2. The summed E-state index contributed by atoms with van der Waals surface area (Å²) in [6.45, 7) is 5.68. The summed E-state index contributed by atoms with van der Waals surface area (Å²) < 4.78 is 10.8. The number of anilines is 2. The fourth-order valence-electron chi connectivity index (χ4n) is 3.59. The van der Waals surface area contributed by atoms with Gasteiger partial charge < -0.3 is 19.3 Å². The van der Waals surface area contributed by atoms with Crippen LogP contribution in [0.3, 0.4) is 0 Å². The second-order valence-corrected chi connectivity index (χ2v) is 7.14. The van der Waals surface area contributed by atoms with Crippen molar-refractivity contribution < 1.29 is 9.47 Å². The van der Waals surface area contributed by atoms with Gasteiger partial charge in [-0.1, -0.05) is 29.8 Å². The molecule has 1 aliphatic rings. The maximum absolute atomic E-state index is 5.44. The largest absolute Gasteiger partial charge is 0.493 e. The summed E-state index contributed by atoms with van der Waals surface area (Å²) in [6.07, 6.45) is 3.68. The minimum absolute atomic E-state index is 0.748. The van der Waals surface area contributed by atoms with Crippen LogP contribution in [0.5, 0.6) is 11.5 Å². The van der Waals surface area contributed by atoms with E-state index in [2.05, 4.69) is 52.0 Å². The highest BCUT2D eigenvalue weighted by Crippen LogP contribution is 2.32. The molecule has 1 fully saturated rings. The van der Waals surface area contributed by atoms with Crippen molar-refractivity contribution in [1.29, 1.82) is 0 Å². The van der Waals surface area contributed by atoms with Crippen LogP contribution in [0.15, 0.2) is 54.9 Å². The van der Waals surface area contributed by atoms with Gasteiger partial charge in [0.25, 0.3) is 0 Å². The Morgan fingerprint density at radius 3 is 2.17 bits per heavy atom. The van der Waals surface area contributed by atoms with Crippen LogP contribution in [0.1, 0.15) is 5.56 Å². The molecular weight excluding hydrogens is 364 g/mol. The molecule has 0 unspecified atom stereocenters. The summed E-state index contributed by atoms with van der Waals surface area (Å²) in [5.41, 5.74) is 4.38. The molecule has 4 rings (SSSR count). The van der Waals surface area contributed by atoms with Crippen LogP contribution in [0.25, 0.3) is 11.3 Å². The van der Waals surface area contributed by atoms with Crippen LogP contribution < -0.4 is 19.3 Å². The van der Waals surface area contributed by atoms with E-state index < -0.39 is 0 Å². The predicted octanol–water partition coefficient (Wildman–Crippen LogP) is 3.80. The molecule has 1 aliphatic heterocycles. The highest BCUT2D eigenvalue weighted by molar-refractivity contribution is 5.61. The normalized spacial score (nSPS) is 14.0. The Balaban J connectivity index is 1.46. The monoisotopic (exact) mass is 390 g/mol. The third-order valence-corrected chi connectivity index (χ3v) is 5.31. The number of methoxy groups -OCH3 is 2. The molecule has 29 heavy (non-hydrogen) atoms. The van der Waals surface area contributed by atoms with E-state index in [0.717, 1.165) is 60.4 Å². The summed E-state index contributed by atoms with van der Waals surface area (Å²) in [6, 6.07) is 14.5. The lowest BCUT2D eigenvalue weighted by atomic mass is 10.1. The average Bonchev–Trinajstić information content (AvgIpc) is 2.79. The summed E-state index contributed by atoms with van der Waals surface area (Å²) >= 11 is 0. The lowest BCUT2D eigenvalue weighted by Gasteiger charge is -2.36. The molecule has 1 aromatic heterocycles. The molecule has 2 aromatic carbocycles. The SMILES string of the molecule is COc1ccc(N2CCN(c3cncc(-c4ccc(C)cc4)n3)CC2)cc1OC. The van der Waals surface area contributed by atoms with Crippen LogP contribution in [0, 0.1) is 6.92 Å². The van der Waals surface area contributed by atoms with Gasteiger partial charge in [0, 0.05) is 43.5 Å². The number of piperazine rings is 1. The number of hydrogen-bond donors (Lipinski definition) is 0. The fraction of sp³-hybridized carbons (Fsp3) is 0.304. The van der Waals surface area contributed by atoms with Crippen molar-refractivity contribution in [2.75, 3.05) is 50.2 Å². The maximum Gasteiger partial charge on any atom is 0.162 e. The first-order valence-corrected chi connectivity index (χ1v) is 9.79. The molecule has 0 spiro atoms. The van der Waals surface area contributed by atoms with Gasteiger partial charge in [-0.05, 0) is 19.1 Å². The van der Waals surface area contributed by atoms with E-state index in [4.69, 9.17) is 14.5 Å². The molecule has 0 saturated carbocycles. The zero-order valence-electron chi connectivity index (χ0n) is 17.1. The zero-order chi connectivity index (χ0) is 20.2. The Bertz CT molecular complexity index is 967. The van der Waals surface area contributed by atoms with Crippen molar-refractivity contribution in [2.24, 2.45) is 0 Å². The van der Waals surface area contributed by atoms with Crippen LogP contribution in [0.2, 0.25) is 0 Å². The number of rotatable bonds is 5. The first kappa shape index (κ1) is 19.1. The topological polar surface area (TPSA) is 50.7 Å². The molecule has 0 bridgehead atoms. The standard InChI is InChI=1S/C23H26N4O2/c1-17-4-6-18(7-5-17)20-15-24-16-23(25-20)27-12-10-26(11-13-27)19-8-9-21(28-2)22(14-19)29-3/h4-9,14-16H,10-13H2,1-3H3. The quantitative estimate of drug-likeness (QED) is 0.661. The highest BCUT2D eigenvalue weighted by Gasteiger charge is 2.20. The maximum atomic E-state index is 5.44. The van der Waals surface area contributed by atoms with Crippen LogP contribution in [0.4, 0.5) is 11.5 Å². The second kappa shape index (κ2) is 8.39. The molecule has 0 aliphatic carbocycles. The predicted molar refractivity (Wildman–Crippen MR) is 116 cm³/mol. The fourth-order valence-corrected chi connectivity index (χ4v) is 3.59. The molecule has 6 nitrogen and oxygen atoms in total. The third kappa shape index (κ3) is 4.11. The van der Waals surface area contributed by atoms with Gasteiger partial charge in [-0.25, -0.2) is 4.98 Å². The first-order valence-electron chi connectivity index (χ1n) is 9.79. The van der Waals surface area contributed by atoms with E-state index in [1.54, 1.807) is 14.2 Å². The van der Waals surface area contributed by atoms with Crippen molar-refractivity contribution in [2.45, 2.75) is 6.92 Å². The number of aromatic nitrogens is 2. The van der Waals surface area contributed by atoms with Gasteiger partial charge in [0.1, 0.15) is 5.82 Å². The molecule has 0 atom stereocenters. The van der Waals surface area contributed by atoms with E-state index in [0.29, 0.717) is 0 Å². The van der Waals surface area contributed by atoms with Crippen molar-refractivity contribution in [3.63, 3.8) is 0 Å². The minimum Gasteiger partial charge on any atom is -0.493 e. The molecule has 0 N–H and O–H groups in total. The van der Waals surface area contributed by atoms with E-state index in [-0.39, 0.29) is 0 Å². The summed E-state index contributed by atoms with van der Waals surface area (Å²) in [4.78, 5) is 13.9. The summed E-state index contributed by atoms with van der Waals surface area (Å²) in [7, 11) is 3.32.